The van der Waals surface area contributed by atoms with Crippen LogP contribution in [-0.4, -0.2) is 29.4 Å². The molecule has 0 aliphatic rings. The number of allylic oxidation sites excluding steroid dienone is 1. The predicted molar refractivity (Wildman–Crippen MR) is 88.6 cm³/mol. The van der Waals surface area contributed by atoms with Crippen molar-refractivity contribution in [3.63, 3.8) is 0 Å². The number of alkyl halides is 1. The average Bonchev–Trinajstić information content (AvgIpc) is 2.44. The van der Waals surface area contributed by atoms with Gasteiger partial charge in [-0.1, -0.05) is 39.0 Å². The fourth-order valence-electron chi connectivity index (χ4n) is 1.70. The first kappa shape index (κ1) is 19.5. The van der Waals surface area contributed by atoms with Gasteiger partial charge in [0, 0.05) is 30.2 Å². The number of thiol groups is 1. The second kappa shape index (κ2) is 13.5. The molecule has 5 heteroatoms. The Bertz CT molecular complexity index is 308. The second-order valence-corrected chi connectivity index (χ2v) is 5.91. The van der Waals surface area contributed by atoms with Crippen LogP contribution in [0.2, 0.25) is 0 Å². The van der Waals surface area contributed by atoms with Crippen molar-refractivity contribution >= 4 is 35.9 Å². The number of halogens is 1. The molecule has 20 heavy (non-hydrogen) atoms. The number of carbonyl (C=O) groups excluding carboxylic acids is 2. The highest BCUT2D eigenvalue weighted by molar-refractivity contribution is 7.81. The van der Waals surface area contributed by atoms with Gasteiger partial charge in [0.15, 0.2) is 5.78 Å². The van der Waals surface area contributed by atoms with Crippen LogP contribution in [0.5, 0.6) is 0 Å². The monoisotopic (exact) mass is 319 g/mol. The molecular formula is C15H26ClNO2S. The molecule has 3 nitrogen and oxygen atoms in total. The molecule has 0 bridgehead atoms. The molecule has 0 radical (unpaired) electrons. The van der Waals surface area contributed by atoms with Gasteiger partial charge in [0.1, 0.15) is 0 Å². The van der Waals surface area contributed by atoms with Crippen molar-refractivity contribution in [1.82, 2.24) is 5.32 Å². The van der Waals surface area contributed by atoms with Crippen LogP contribution in [0, 0.1) is 0 Å². The normalized spacial score (nSPS) is 12.6. The van der Waals surface area contributed by atoms with Crippen molar-refractivity contribution in [2.24, 2.45) is 0 Å². The molecule has 1 unspecified atom stereocenters. The molecule has 116 valence electrons. The van der Waals surface area contributed by atoms with Crippen molar-refractivity contribution in [3.8, 4) is 0 Å². The van der Waals surface area contributed by atoms with Crippen LogP contribution < -0.4 is 5.32 Å². The minimum absolute atomic E-state index is 0.125. The molecule has 0 heterocycles. The van der Waals surface area contributed by atoms with Crippen molar-refractivity contribution in [1.29, 1.82) is 0 Å². The fourth-order valence-corrected chi connectivity index (χ4v) is 1.99. The summed E-state index contributed by atoms with van der Waals surface area (Å²) >= 11 is 9.69. The van der Waals surface area contributed by atoms with E-state index in [0.29, 0.717) is 12.4 Å². The summed E-state index contributed by atoms with van der Waals surface area (Å²) in [5.74, 6) is -0.0127. The van der Waals surface area contributed by atoms with Crippen molar-refractivity contribution in [3.05, 3.63) is 12.2 Å². The van der Waals surface area contributed by atoms with Gasteiger partial charge in [-0.05, 0) is 12.5 Å². The van der Waals surface area contributed by atoms with Gasteiger partial charge >= 0.3 is 0 Å². The third kappa shape index (κ3) is 12.5. The minimum Gasteiger partial charge on any atom is -0.353 e. The van der Waals surface area contributed by atoms with Crippen molar-refractivity contribution < 1.29 is 9.59 Å². The van der Waals surface area contributed by atoms with Crippen LogP contribution in [0.4, 0.5) is 0 Å². The first-order valence-electron chi connectivity index (χ1n) is 7.33. The van der Waals surface area contributed by atoms with E-state index in [1.54, 1.807) is 0 Å². The van der Waals surface area contributed by atoms with Gasteiger partial charge in [-0.15, -0.1) is 11.6 Å². The molecule has 0 spiro atoms. The lowest BCUT2D eigenvalue weighted by Crippen LogP contribution is -2.22. The van der Waals surface area contributed by atoms with Gasteiger partial charge in [0.25, 0.3) is 0 Å². The lowest BCUT2D eigenvalue weighted by Gasteiger charge is -2.03. The Labute approximate surface area is 132 Å². The lowest BCUT2D eigenvalue weighted by atomic mass is 10.1. The minimum atomic E-state index is -0.214. The van der Waals surface area contributed by atoms with Gasteiger partial charge in [-0.3, -0.25) is 9.59 Å². The largest absolute Gasteiger partial charge is 0.353 e. The molecule has 0 saturated heterocycles. The lowest BCUT2D eigenvalue weighted by molar-refractivity contribution is -0.117. The molecular weight excluding hydrogens is 294 g/mol. The maximum Gasteiger partial charge on any atom is 0.244 e. The second-order valence-electron chi connectivity index (χ2n) is 4.87. The number of rotatable bonds is 12. The average molecular weight is 320 g/mol. The van der Waals surface area contributed by atoms with Gasteiger partial charge in [0.05, 0.1) is 0 Å². The zero-order chi connectivity index (χ0) is 15.2. The zero-order valence-electron chi connectivity index (χ0n) is 12.2. The molecule has 1 atom stereocenters. The number of carbonyl (C=O) groups is 2. The van der Waals surface area contributed by atoms with E-state index in [4.69, 9.17) is 11.6 Å². The number of nitrogens with one attached hydrogen (secondary N) is 1. The highest BCUT2D eigenvalue weighted by Gasteiger charge is 2.06. The van der Waals surface area contributed by atoms with Crippen LogP contribution in [0.1, 0.15) is 51.9 Å². The zero-order valence-corrected chi connectivity index (χ0v) is 13.9. The number of hydrogen-bond acceptors (Lipinski definition) is 3. The Balaban J connectivity index is 3.60. The van der Waals surface area contributed by atoms with E-state index in [0.717, 1.165) is 12.8 Å². The molecule has 0 aromatic carbocycles. The van der Waals surface area contributed by atoms with Crippen LogP contribution in [0.25, 0.3) is 0 Å². The Kier molecular flexibility index (Phi) is 13.2. The molecule has 0 rings (SSSR count). The smallest absolute Gasteiger partial charge is 0.244 e. The summed E-state index contributed by atoms with van der Waals surface area (Å²) in [7, 11) is 0. The summed E-state index contributed by atoms with van der Waals surface area (Å²) in [4.78, 5) is 22.9. The van der Waals surface area contributed by atoms with Crippen LogP contribution in [0.15, 0.2) is 12.2 Å². The van der Waals surface area contributed by atoms with E-state index >= 15 is 0 Å². The van der Waals surface area contributed by atoms with Crippen molar-refractivity contribution in [2.75, 3.05) is 12.4 Å². The predicted octanol–water partition coefficient (Wildman–Crippen LogP) is 3.52. The Morgan fingerprint density at radius 2 is 1.80 bits per heavy atom. The molecule has 0 aromatic rings. The van der Waals surface area contributed by atoms with E-state index in [9.17, 15) is 9.59 Å². The van der Waals surface area contributed by atoms with E-state index in [1.165, 1.54) is 37.8 Å². The molecule has 0 aromatic heterocycles. The maximum absolute atomic E-state index is 11.4. The van der Waals surface area contributed by atoms with Gasteiger partial charge in [-0.2, -0.15) is 12.6 Å². The number of unbranched alkanes of at least 4 members (excludes halogenated alkanes) is 5. The first-order valence-corrected chi connectivity index (χ1v) is 8.38. The van der Waals surface area contributed by atoms with E-state index in [2.05, 4.69) is 24.9 Å². The summed E-state index contributed by atoms with van der Waals surface area (Å²) in [5.41, 5.74) is 0. The van der Waals surface area contributed by atoms with Crippen LogP contribution >= 0.6 is 24.2 Å². The van der Waals surface area contributed by atoms with E-state index in [-0.39, 0.29) is 23.4 Å². The summed E-state index contributed by atoms with van der Waals surface area (Å²) in [6.45, 7) is 2.86. The standard InChI is InChI=1S/C15H26ClNO2S/c1-2-3-4-5-6-7-10-17-15(19)9-8-13(18)11-14(20)12-16/h8-9,14,20H,2-7,10-12H2,1H3,(H,17,19). The topological polar surface area (TPSA) is 46.2 Å². The summed E-state index contributed by atoms with van der Waals surface area (Å²) in [6.07, 6.45) is 9.98. The highest BCUT2D eigenvalue weighted by Crippen LogP contribution is 2.05. The SMILES string of the molecule is CCCCCCCCNC(=O)C=CC(=O)CC(S)CCl. The van der Waals surface area contributed by atoms with Gasteiger partial charge < -0.3 is 5.32 Å². The summed E-state index contributed by atoms with van der Waals surface area (Å²) in [5, 5.41) is 2.62. The molecule has 0 saturated carbocycles. The third-order valence-corrected chi connectivity index (χ3v) is 3.82. The quantitative estimate of drug-likeness (QED) is 0.250. The van der Waals surface area contributed by atoms with Crippen LogP contribution in [0.3, 0.4) is 0 Å². The molecule has 0 fully saturated rings. The molecule has 1 N–H and O–H groups in total. The molecule has 0 aliphatic carbocycles. The fraction of sp³-hybridized carbons (Fsp3) is 0.733. The molecule has 1 amide bonds. The Morgan fingerprint density at radius 1 is 1.15 bits per heavy atom. The van der Waals surface area contributed by atoms with Gasteiger partial charge in [0.2, 0.25) is 5.91 Å². The molecule has 0 aliphatic heterocycles. The van der Waals surface area contributed by atoms with Crippen LogP contribution in [-0.2, 0) is 9.59 Å². The highest BCUT2D eigenvalue weighted by atomic mass is 35.5. The number of ketones is 1. The van der Waals surface area contributed by atoms with Gasteiger partial charge in [-0.25, -0.2) is 0 Å². The summed E-state index contributed by atoms with van der Waals surface area (Å²) in [6, 6.07) is 0. The van der Waals surface area contributed by atoms with E-state index in [1.807, 2.05) is 0 Å². The maximum atomic E-state index is 11.4. The van der Waals surface area contributed by atoms with E-state index < -0.39 is 0 Å². The third-order valence-electron chi connectivity index (χ3n) is 2.87. The number of hydrogen-bond donors (Lipinski definition) is 2. The first-order chi connectivity index (χ1) is 9.60. The summed E-state index contributed by atoms with van der Waals surface area (Å²) < 4.78 is 0. The van der Waals surface area contributed by atoms with Crippen molar-refractivity contribution in [2.45, 2.75) is 57.1 Å². The number of amides is 1. The Hall–Kier alpha value is -0.480. The Morgan fingerprint density at radius 3 is 2.45 bits per heavy atom.